The van der Waals surface area contributed by atoms with Crippen LogP contribution in [0.25, 0.3) is 0 Å². The van der Waals surface area contributed by atoms with E-state index in [4.69, 9.17) is 0 Å². The first-order chi connectivity index (χ1) is 11.7. The Bertz CT molecular complexity index is 725. The predicted octanol–water partition coefficient (Wildman–Crippen LogP) is 3.29. The Hall–Kier alpha value is -2.14. The van der Waals surface area contributed by atoms with Gasteiger partial charge in [0.2, 0.25) is 11.8 Å². The van der Waals surface area contributed by atoms with E-state index < -0.39 is 0 Å². The van der Waals surface area contributed by atoms with E-state index in [0.717, 1.165) is 18.5 Å². The molecule has 1 aliphatic carbocycles. The zero-order chi connectivity index (χ0) is 16.5. The van der Waals surface area contributed by atoms with Crippen molar-refractivity contribution in [2.75, 3.05) is 11.4 Å². The second-order valence-electron chi connectivity index (χ2n) is 6.57. The number of rotatable bonds is 5. The van der Waals surface area contributed by atoms with E-state index in [1.807, 2.05) is 40.6 Å². The fraction of sp³-hybridized carbons (Fsp3) is 0.368. The van der Waals surface area contributed by atoms with Gasteiger partial charge in [-0.1, -0.05) is 18.2 Å². The number of nitrogens with zero attached hydrogens (tertiary/aromatic N) is 2. The molecular weight excluding hydrogens is 320 g/mol. The van der Waals surface area contributed by atoms with Crippen LogP contribution in [-0.4, -0.2) is 29.3 Å². The summed E-state index contributed by atoms with van der Waals surface area (Å²) < 4.78 is 0. The Morgan fingerprint density at radius 2 is 2.00 bits per heavy atom. The Morgan fingerprint density at radius 1 is 1.21 bits per heavy atom. The number of hydrogen-bond acceptors (Lipinski definition) is 3. The maximum atomic E-state index is 13.0. The number of amides is 2. The molecule has 2 aliphatic rings. The van der Waals surface area contributed by atoms with Crippen LogP contribution in [0.15, 0.2) is 47.2 Å². The van der Waals surface area contributed by atoms with E-state index >= 15 is 0 Å². The molecule has 2 heterocycles. The number of anilines is 1. The van der Waals surface area contributed by atoms with Gasteiger partial charge >= 0.3 is 0 Å². The van der Waals surface area contributed by atoms with Crippen molar-refractivity contribution in [2.24, 2.45) is 5.92 Å². The summed E-state index contributed by atoms with van der Waals surface area (Å²) in [6.45, 7) is 1.16. The summed E-state index contributed by atoms with van der Waals surface area (Å²) in [6.07, 6.45) is 2.48. The van der Waals surface area contributed by atoms with Crippen molar-refractivity contribution < 1.29 is 9.59 Å². The minimum Gasteiger partial charge on any atom is -0.335 e. The summed E-state index contributed by atoms with van der Waals surface area (Å²) in [4.78, 5) is 29.1. The Kier molecular flexibility index (Phi) is 4.10. The molecule has 2 amide bonds. The number of thiophene rings is 1. The largest absolute Gasteiger partial charge is 0.335 e. The van der Waals surface area contributed by atoms with Gasteiger partial charge in [-0.25, -0.2) is 0 Å². The monoisotopic (exact) mass is 340 g/mol. The highest BCUT2D eigenvalue weighted by atomic mass is 32.1. The van der Waals surface area contributed by atoms with Crippen LogP contribution in [0, 0.1) is 5.92 Å². The molecule has 24 heavy (non-hydrogen) atoms. The van der Waals surface area contributed by atoms with Gasteiger partial charge in [0.1, 0.15) is 0 Å². The van der Waals surface area contributed by atoms with Gasteiger partial charge in [0.15, 0.2) is 0 Å². The van der Waals surface area contributed by atoms with Crippen LogP contribution in [0.5, 0.6) is 0 Å². The normalized spacial score (nSPS) is 20.4. The van der Waals surface area contributed by atoms with Gasteiger partial charge in [-0.15, -0.1) is 0 Å². The molecule has 5 heteroatoms. The van der Waals surface area contributed by atoms with Gasteiger partial charge in [0, 0.05) is 31.2 Å². The molecule has 1 unspecified atom stereocenters. The predicted molar refractivity (Wildman–Crippen MR) is 94.8 cm³/mol. The van der Waals surface area contributed by atoms with Gasteiger partial charge in [0.05, 0.1) is 5.92 Å². The van der Waals surface area contributed by atoms with Gasteiger partial charge < -0.3 is 9.80 Å². The van der Waals surface area contributed by atoms with E-state index in [1.165, 1.54) is 5.56 Å². The molecule has 2 fully saturated rings. The molecule has 0 bridgehead atoms. The molecule has 124 valence electrons. The molecular formula is C19H20N2O2S. The lowest BCUT2D eigenvalue weighted by molar-refractivity contribution is -0.137. The average Bonchev–Trinajstić information content (AvgIpc) is 3.17. The molecule has 1 saturated heterocycles. The Balaban J connectivity index is 1.48. The molecule has 4 nitrogen and oxygen atoms in total. The van der Waals surface area contributed by atoms with Gasteiger partial charge in [-0.05, 0) is 47.4 Å². The zero-order valence-corrected chi connectivity index (χ0v) is 14.2. The standard InChI is InChI=1S/C19H20N2O2S/c22-18-10-15(12-20(18)16-4-2-1-3-5-16)19(23)21(17-6-7-17)11-14-8-9-24-13-14/h1-5,8-9,13,15,17H,6-7,10-12H2. The van der Waals surface area contributed by atoms with Gasteiger partial charge in [-0.3, -0.25) is 9.59 Å². The number of benzene rings is 1. The molecule has 1 atom stereocenters. The maximum absolute atomic E-state index is 13.0. The minimum atomic E-state index is -0.225. The van der Waals surface area contributed by atoms with Gasteiger partial charge in [0.25, 0.3) is 0 Å². The van der Waals surface area contributed by atoms with Crippen molar-refractivity contribution in [2.45, 2.75) is 31.8 Å². The number of carbonyl (C=O) groups is 2. The van der Waals surface area contributed by atoms with Crippen LogP contribution < -0.4 is 4.90 Å². The van der Waals surface area contributed by atoms with Crippen LogP contribution in [0.2, 0.25) is 0 Å². The van der Waals surface area contributed by atoms with Crippen molar-refractivity contribution in [1.29, 1.82) is 0 Å². The molecule has 1 saturated carbocycles. The van der Waals surface area contributed by atoms with Crippen LogP contribution in [0.4, 0.5) is 5.69 Å². The molecule has 0 radical (unpaired) electrons. The third-order valence-corrected chi connectivity index (χ3v) is 5.48. The average molecular weight is 340 g/mol. The molecule has 1 aliphatic heterocycles. The first kappa shape index (κ1) is 15.4. The number of para-hydroxylation sites is 1. The summed E-state index contributed by atoms with van der Waals surface area (Å²) in [7, 11) is 0. The van der Waals surface area contributed by atoms with Crippen molar-refractivity contribution in [3.8, 4) is 0 Å². The lowest BCUT2D eigenvalue weighted by Gasteiger charge is -2.25. The topological polar surface area (TPSA) is 40.6 Å². The van der Waals surface area contributed by atoms with Crippen LogP contribution in [0.1, 0.15) is 24.8 Å². The summed E-state index contributed by atoms with van der Waals surface area (Å²) >= 11 is 1.66. The second kappa shape index (κ2) is 6.40. The highest BCUT2D eigenvalue weighted by Crippen LogP contribution is 2.33. The van der Waals surface area contributed by atoms with Crippen molar-refractivity contribution >= 4 is 28.8 Å². The molecule has 1 aromatic heterocycles. The zero-order valence-electron chi connectivity index (χ0n) is 13.4. The van der Waals surface area contributed by atoms with Crippen molar-refractivity contribution in [1.82, 2.24) is 4.90 Å². The molecule has 2 aromatic rings. The quantitative estimate of drug-likeness (QED) is 0.838. The van der Waals surface area contributed by atoms with E-state index in [9.17, 15) is 9.59 Å². The molecule has 0 N–H and O–H groups in total. The highest BCUT2D eigenvalue weighted by molar-refractivity contribution is 7.07. The van der Waals surface area contributed by atoms with Crippen molar-refractivity contribution in [3.63, 3.8) is 0 Å². The van der Waals surface area contributed by atoms with Gasteiger partial charge in [-0.2, -0.15) is 11.3 Å². The van der Waals surface area contributed by atoms with Crippen molar-refractivity contribution in [3.05, 3.63) is 52.7 Å². The van der Waals surface area contributed by atoms with E-state index in [0.29, 0.717) is 25.6 Å². The van der Waals surface area contributed by atoms with E-state index in [1.54, 1.807) is 16.2 Å². The summed E-state index contributed by atoms with van der Waals surface area (Å²) in [5.74, 6) is -0.0433. The fourth-order valence-electron chi connectivity index (χ4n) is 3.32. The Labute approximate surface area is 145 Å². The summed E-state index contributed by atoms with van der Waals surface area (Å²) in [5.41, 5.74) is 2.07. The number of carbonyl (C=O) groups excluding carboxylic acids is 2. The fourth-order valence-corrected chi connectivity index (χ4v) is 3.98. The minimum absolute atomic E-state index is 0.0471. The SMILES string of the molecule is O=C1CC(C(=O)N(Cc2ccsc2)C2CC2)CN1c1ccccc1. The summed E-state index contributed by atoms with van der Waals surface area (Å²) in [6, 6.07) is 12.1. The van der Waals surface area contributed by atoms with Crippen LogP contribution in [0.3, 0.4) is 0 Å². The highest BCUT2D eigenvalue weighted by Gasteiger charge is 2.41. The number of hydrogen-bond donors (Lipinski definition) is 0. The lowest BCUT2D eigenvalue weighted by Crippen LogP contribution is -2.38. The second-order valence-corrected chi connectivity index (χ2v) is 7.35. The van der Waals surface area contributed by atoms with Crippen LogP contribution in [-0.2, 0) is 16.1 Å². The summed E-state index contributed by atoms with van der Waals surface area (Å²) in [5, 5.41) is 4.14. The first-order valence-corrected chi connectivity index (χ1v) is 9.33. The van der Waals surface area contributed by atoms with E-state index in [2.05, 4.69) is 11.4 Å². The maximum Gasteiger partial charge on any atom is 0.228 e. The Morgan fingerprint density at radius 3 is 2.67 bits per heavy atom. The van der Waals surface area contributed by atoms with E-state index in [-0.39, 0.29) is 17.7 Å². The van der Waals surface area contributed by atoms with Crippen LogP contribution >= 0.6 is 11.3 Å². The smallest absolute Gasteiger partial charge is 0.228 e. The molecule has 0 spiro atoms. The third kappa shape index (κ3) is 3.08. The first-order valence-electron chi connectivity index (χ1n) is 8.39. The third-order valence-electron chi connectivity index (χ3n) is 4.75. The molecule has 4 rings (SSSR count). The molecule has 1 aromatic carbocycles. The lowest BCUT2D eigenvalue weighted by atomic mass is 10.1.